The van der Waals surface area contributed by atoms with Gasteiger partial charge >= 0.3 is 0 Å². The van der Waals surface area contributed by atoms with Crippen molar-refractivity contribution in [2.45, 2.75) is 73.5 Å². The van der Waals surface area contributed by atoms with Gasteiger partial charge in [-0.15, -0.1) is 0 Å². The van der Waals surface area contributed by atoms with Gasteiger partial charge in [0.1, 0.15) is 17.2 Å². The normalized spacial score (nSPS) is 18.2. The van der Waals surface area contributed by atoms with E-state index in [2.05, 4.69) is 41.9 Å². The molecule has 64 heavy (non-hydrogen) atoms. The van der Waals surface area contributed by atoms with Crippen molar-refractivity contribution in [3.63, 3.8) is 0 Å². The van der Waals surface area contributed by atoms with Crippen LogP contribution in [0.1, 0.15) is 74.3 Å². The van der Waals surface area contributed by atoms with Crippen LogP contribution in [-0.4, -0.2) is 113 Å². The van der Waals surface area contributed by atoms with Crippen molar-refractivity contribution in [1.29, 1.82) is 0 Å². The molecule has 16 nitrogen and oxygen atoms in total. The molecular weight excluding hydrogens is 882 g/mol. The van der Waals surface area contributed by atoms with E-state index in [9.17, 15) is 31.7 Å². The fourth-order valence-electron chi connectivity index (χ4n) is 8.53. The van der Waals surface area contributed by atoms with Crippen LogP contribution in [0.5, 0.6) is 11.5 Å². The summed E-state index contributed by atoms with van der Waals surface area (Å²) >= 11 is 6.19. The molecule has 3 aliphatic rings. The predicted molar refractivity (Wildman–Crippen MR) is 246 cm³/mol. The first-order valence-electron chi connectivity index (χ1n) is 21.8. The molecule has 0 bridgehead atoms. The summed E-state index contributed by atoms with van der Waals surface area (Å²) < 4.78 is 67.1. The van der Waals surface area contributed by atoms with Crippen LogP contribution in [0.4, 0.5) is 17.1 Å². The second kappa shape index (κ2) is 21.0. The molecule has 3 aliphatic heterocycles. The lowest BCUT2D eigenvalue weighted by Crippen LogP contribution is -2.41. The highest BCUT2D eigenvalue weighted by atomic mass is 35.5. The molecule has 3 fully saturated rings. The largest absolute Gasteiger partial charge is 0.455 e. The van der Waals surface area contributed by atoms with E-state index in [1.807, 2.05) is 12.1 Å². The van der Waals surface area contributed by atoms with Crippen LogP contribution in [0.3, 0.4) is 0 Å². The molecule has 1 aromatic heterocycles. The summed E-state index contributed by atoms with van der Waals surface area (Å²) in [7, 11) is -8.37. The molecule has 7 rings (SSSR count). The van der Waals surface area contributed by atoms with Gasteiger partial charge in [-0.1, -0.05) is 30.2 Å². The Hall–Kier alpha value is -4.85. The zero-order chi connectivity index (χ0) is 45.4. The summed E-state index contributed by atoms with van der Waals surface area (Å²) in [5.74, 6) is -0.596. The number of pyridine rings is 1. The Morgan fingerprint density at radius 3 is 2.39 bits per heavy atom. The predicted octanol–water partition coefficient (Wildman–Crippen LogP) is 7.31. The van der Waals surface area contributed by atoms with Crippen molar-refractivity contribution in [3.8, 4) is 11.5 Å². The summed E-state index contributed by atoms with van der Waals surface area (Å²) in [5.41, 5.74) is 1.54. The first kappa shape index (κ1) is 47.1. The molecule has 344 valence electrons. The molecule has 1 atom stereocenters. The number of morpholine rings is 1. The molecular formula is C45H56ClN7O9S2. The van der Waals surface area contributed by atoms with Gasteiger partial charge in [-0.25, -0.2) is 21.6 Å². The van der Waals surface area contributed by atoms with Gasteiger partial charge < -0.3 is 19.7 Å². The zero-order valence-electron chi connectivity index (χ0n) is 36.2. The lowest BCUT2D eigenvalue weighted by Gasteiger charge is -2.41. The van der Waals surface area contributed by atoms with E-state index in [1.54, 1.807) is 26.0 Å². The monoisotopic (exact) mass is 937 g/mol. The molecule has 3 saturated heterocycles. The number of sulfone groups is 1. The van der Waals surface area contributed by atoms with Gasteiger partial charge in [-0.3, -0.25) is 29.7 Å². The molecule has 0 unspecified atom stereocenters. The lowest BCUT2D eigenvalue weighted by molar-refractivity contribution is -0.384. The van der Waals surface area contributed by atoms with Crippen LogP contribution in [0.2, 0.25) is 5.02 Å². The maximum Gasteiger partial charge on any atom is 0.293 e. The van der Waals surface area contributed by atoms with Crippen LogP contribution in [0, 0.1) is 16.0 Å². The smallest absolute Gasteiger partial charge is 0.293 e. The van der Waals surface area contributed by atoms with Crippen molar-refractivity contribution < 1.29 is 36.0 Å². The third-order valence-corrected chi connectivity index (χ3v) is 15.9. The number of benzene rings is 3. The maximum atomic E-state index is 14.0. The lowest BCUT2D eigenvalue weighted by atomic mass is 9.91. The SMILES string of the molecule is CC(C)S(=O)(=O)c1cncc(Oc2cc(N3CCC(CN4CCCC[C@H]4c4ccc(Cl)cc4)CC3)ccc2C(=O)NS(=O)(=O)c2ccc(NCCCN3CCOCC3)c([N+](=O)[O-])c2)c1. The van der Waals surface area contributed by atoms with Crippen LogP contribution in [-0.2, 0) is 24.6 Å². The van der Waals surface area contributed by atoms with Gasteiger partial charge in [0, 0.05) is 80.4 Å². The number of nitro benzene ring substituents is 1. The molecule has 0 aliphatic carbocycles. The Kier molecular flexibility index (Phi) is 15.4. The molecule has 3 aromatic carbocycles. The summed E-state index contributed by atoms with van der Waals surface area (Å²) in [5, 5.41) is 15.1. The van der Waals surface area contributed by atoms with E-state index in [0.29, 0.717) is 38.1 Å². The second-order valence-corrected chi connectivity index (χ2v) is 21.4. The van der Waals surface area contributed by atoms with Crippen LogP contribution in [0.15, 0.2) is 88.9 Å². The van der Waals surface area contributed by atoms with Crippen molar-refractivity contribution >= 4 is 54.4 Å². The fraction of sp³-hybridized carbons (Fsp3) is 0.467. The van der Waals surface area contributed by atoms with Gasteiger partial charge in [0.2, 0.25) is 0 Å². The number of nitrogens with zero attached hydrogens (tertiary/aromatic N) is 5. The van der Waals surface area contributed by atoms with Crippen molar-refractivity contribution in [2.24, 2.45) is 5.92 Å². The van der Waals surface area contributed by atoms with E-state index >= 15 is 0 Å². The number of rotatable bonds is 17. The zero-order valence-corrected chi connectivity index (χ0v) is 38.5. The number of anilines is 2. The van der Waals surface area contributed by atoms with Crippen molar-refractivity contribution in [2.75, 3.05) is 75.8 Å². The van der Waals surface area contributed by atoms with Crippen LogP contribution < -0.4 is 19.7 Å². The number of aromatic nitrogens is 1. The molecule has 1 amide bonds. The van der Waals surface area contributed by atoms with Crippen LogP contribution in [0.25, 0.3) is 0 Å². The van der Waals surface area contributed by atoms with Gasteiger partial charge in [0.15, 0.2) is 9.84 Å². The third-order valence-electron chi connectivity index (χ3n) is 12.2. The number of piperidine rings is 2. The molecule has 2 N–H and O–H groups in total. The number of halogens is 1. The Morgan fingerprint density at radius 2 is 1.67 bits per heavy atom. The second-order valence-electron chi connectivity index (χ2n) is 16.8. The Morgan fingerprint density at radius 1 is 0.922 bits per heavy atom. The molecule has 19 heteroatoms. The minimum absolute atomic E-state index is 0.0231. The molecule has 4 aromatic rings. The number of hydrogen-bond acceptors (Lipinski definition) is 14. The van der Waals surface area contributed by atoms with Gasteiger partial charge in [-0.05, 0) is 107 Å². The van der Waals surface area contributed by atoms with Crippen LogP contribution >= 0.6 is 11.6 Å². The van der Waals surface area contributed by atoms with Crippen molar-refractivity contribution in [1.82, 2.24) is 19.5 Å². The third kappa shape index (κ3) is 11.7. The van der Waals surface area contributed by atoms with E-state index in [-0.39, 0.29) is 27.6 Å². The standard InChI is InChI=1S/C45H56ClN7O9S2/c1-32(2)63(57,58)39-27-37(29-47-30-39)62-44-26-36(51-20-15-33(16-21-51)31-52-19-4-3-6-42(52)34-7-9-35(46)10-8-34)11-13-40(44)45(54)49-64(59,60)38-12-14-41(43(28-38)53(55)56)48-17-5-18-50-22-24-61-25-23-50/h7-14,26-30,32-33,42,48H,3-6,15-25,31H2,1-2H3,(H,49,54)/t42-/m0/s1. The van der Waals surface area contributed by atoms with Gasteiger partial charge in [0.25, 0.3) is 21.6 Å². The van der Waals surface area contributed by atoms with E-state index < -0.39 is 46.5 Å². The number of ether oxygens (including phenoxy) is 2. The minimum atomic E-state index is -4.64. The minimum Gasteiger partial charge on any atom is -0.455 e. The molecule has 0 saturated carbocycles. The maximum absolute atomic E-state index is 14.0. The Labute approximate surface area is 380 Å². The number of carbonyl (C=O) groups excluding carboxylic acids is 1. The van der Waals surface area contributed by atoms with E-state index in [4.69, 9.17) is 21.1 Å². The topological polar surface area (TPSA) is 194 Å². The average molecular weight is 939 g/mol. The highest BCUT2D eigenvalue weighted by molar-refractivity contribution is 7.92. The van der Waals surface area contributed by atoms with Crippen molar-refractivity contribution in [3.05, 3.63) is 105 Å². The van der Waals surface area contributed by atoms with E-state index in [0.717, 1.165) is 88.3 Å². The average Bonchev–Trinajstić information content (AvgIpc) is 3.28. The summed E-state index contributed by atoms with van der Waals surface area (Å²) in [6.07, 6.45) is 8.53. The number of sulfonamides is 1. The van der Waals surface area contributed by atoms with E-state index in [1.165, 1.54) is 48.6 Å². The summed E-state index contributed by atoms with van der Waals surface area (Å²) in [4.78, 5) is 35.9. The van der Waals surface area contributed by atoms with Gasteiger partial charge in [0.05, 0.1) is 44.9 Å². The summed E-state index contributed by atoms with van der Waals surface area (Å²) in [6, 6.07) is 18.1. The number of likely N-dealkylation sites (tertiary alicyclic amines) is 1. The molecule has 0 spiro atoms. The highest BCUT2D eigenvalue weighted by Gasteiger charge is 2.30. The molecule has 0 radical (unpaired) electrons. The Balaban J connectivity index is 1.08. The van der Waals surface area contributed by atoms with Gasteiger partial charge in [-0.2, -0.15) is 0 Å². The first-order valence-corrected chi connectivity index (χ1v) is 25.2. The quantitative estimate of drug-likeness (QED) is 0.0608. The Bertz CT molecular complexity index is 2500. The number of carbonyl (C=O) groups is 1. The number of amides is 1. The number of hydrogen-bond donors (Lipinski definition) is 2. The first-order chi connectivity index (χ1) is 30.7. The number of nitro groups is 1. The summed E-state index contributed by atoms with van der Waals surface area (Å²) in [6.45, 7) is 10.7. The fourth-order valence-corrected chi connectivity index (χ4v) is 10.7. The highest BCUT2D eigenvalue weighted by Crippen LogP contribution is 2.36. The number of nitrogens with one attached hydrogen (secondary N) is 2. The molecule has 4 heterocycles.